The van der Waals surface area contributed by atoms with E-state index in [1.807, 2.05) is 0 Å². The second-order valence-electron chi connectivity index (χ2n) is 4.34. The minimum atomic E-state index is 1.03. The van der Waals surface area contributed by atoms with Crippen LogP contribution in [0.25, 0.3) is 5.57 Å². The minimum absolute atomic E-state index is 1.03. The van der Waals surface area contributed by atoms with Crippen LogP contribution < -0.4 is 0 Å². The smallest absolute Gasteiger partial charge is 0.00256 e. The van der Waals surface area contributed by atoms with E-state index < -0.39 is 0 Å². The van der Waals surface area contributed by atoms with Gasteiger partial charge in [0.2, 0.25) is 0 Å². The van der Waals surface area contributed by atoms with Gasteiger partial charge in [0.05, 0.1) is 0 Å². The van der Waals surface area contributed by atoms with Crippen LogP contribution in [-0.2, 0) is 0 Å². The van der Waals surface area contributed by atoms with Crippen molar-refractivity contribution in [1.29, 1.82) is 0 Å². The Morgan fingerprint density at radius 1 is 0.765 bits per heavy atom. The van der Waals surface area contributed by atoms with E-state index in [0.717, 1.165) is 6.42 Å². The van der Waals surface area contributed by atoms with Gasteiger partial charge >= 0.3 is 0 Å². The molecule has 0 N–H and O–H groups in total. The predicted molar refractivity (Wildman–Crippen MR) is 73.5 cm³/mol. The monoisotopic (exact) mass is 218 g/mol. The molecule has 2 bridgehead atoms. The van der Waals surface area contributed by atoms with Gasteiger partial charge in [-0.2, -0.15) is 0 Å². The SMILES string of the molecule is C1=CC=C2C=C(c3ccccc3)C=CC(=C1)C2. The summed E-state index contributed by atoms with van der Waals surface area (Å²) in [5.41, 5.74) is 5.30. The number of fused-ring (bicyclic) bond motifs is 2. The highest BCUT2D eigenvalue weighted by molar-refractivity contribution is 5.78. The number of benzene rings is 1. The first kappa shape index (κ1) is 10.1. The van der Waals surface area contributed by atoms with Crippen LogP contribution in [0, 0.1) is 0 Å². The van der Waals surface area contributed by atoms with Crippen molar-refractivity contribution in [2.45, 2.75) is 6.42 Å². The van der Waals surface area contributed by atoms with Gasteiger partial charge in [0.1, 0.15) is 0 Å². The Kier molecular flexibility index (Phi) is 2.63. The number of hydrogen-bond acceptors (Lipinski definition) is 0. The summed E-state index contributed by atoms with van der Waals surface area (Å²) in [5.74, 6) is 0. The predicted octanol–water partition coefficient (Wildman–Crippen LogP) is 4.45. The summed E-state index contributed by atoms with van der Waals surface area (Å²) in [4.78, 5) is 0. The molecule has 0 radical (unpaired) electrons. The first-order valence-corrected chi connectivity index (χ1v) is 5.93. The fourth-order valence-electron chi connectivity index (χ4n) is 2.18. The summed E-state index contributed by atoms with van der Waals surface area (Å²) >= 11 is 0. The molecule has 1 aromatic rings. The molecule has 3 rings (SSSR count). The topological polar surface area (TPSA) is 0 Å². The van der Waals surface area contributed by atoms with Crippen LogP contribution in [0.2, 0.25) is 0 Å². The van der Waals surface area contributed by atoms with Gasteiger partial charge in [0, 0.05) is 0 Å². The largest absolute Gasteiger partial charge is 0.0622 e. The van der Waals surface area contributed by atoms with E-state index in [-0.39, 0.29) is 0 Å². The zero-order valence-electron chi connectivity index (χ0n) is 9.64. The highest BCUT2D eigenvalue weighted by atomic mass is 14.1. The molecule has 0 aliphatic heterocycles. The molecule has 1 aromatic carbocycles. The molecule has 0 heterocycles. The molecule has 0 heteroatoms. The lowest BCUT2D eigenvalue weighted by Crippen LogP contribution is -1.81. The second kappa shape index (κ2) is 4.42. The van der Waals surface area contributed by atoms with E-state index in [2.05, 4.69) is 72.9 Å². The van der Waals surface area contributed by atoms with Crippen LogP contribution in [-0.4, -0.2) is 0 Å². The van der Waals surface area contributed by atoms with Gasteiger partial charge in [-0.05, 0) is 28.7 Å². The molecule has 0 atom stereocenters. The first-order valence-electron chi connectivity index (χ1n) is 5.93. The van der Waals surface area contributed by atoms with Gasteiger partial charge in [0.15, 0.2) is 0 Å². The van der Waals surface area contributed by atoms with Gasteiger partial charge in [-0.15, -0.1) is 0 Å². The normalized spacial score (nSPS) is 17.8. The molecule has 82 valence electrons. The average molecular weight is 218 g/mol. The van der Waals surface area contributed by atoms with Crippen LogP contribution in [0.15, 0.2) is 84.0 Å². The van der Waals surface area contributed by atoms with Crippen LogP contribution in [0.1, 0.15) is 12.0 Å². The van der Waals surface area contributed by atoms with Crippen molar-refractivity contribution in [2.24, 2.45) is 0 Å². The quantitative estimate of drug-likeness (QED) is 0.653. The molecule has 0 amide bonds. The van der Waals surface area contributed by atoms with Crippen molar-refractivity contribution >= 4 is 5.57 Å². The Labute approximate surface area is 102 Å². The maximum atomic E-state index is 2.28. The molecule has 2 aliphatic rings. The Hall–Kier alpha value is -2.08. The van der Waals surface area contributed by atoms with E-state index in [4.69, 9.17) is 0 Å². The van der Waals surface area contributed by atoms with E-state index in [1.165, 1.54) is 22.3 Å². The fraction of sp³-hybridized carbons (Fsp3) is 0.0588. The maximum Gasteiger partial charge on any atom is -0.00256 e. The highest BCUT2D eigenvalue weighted by Crippen LogP contribution is 2.27. The van der Waals surface area contributed by atoms with Crippen LogP contribution in [0.4, 0.5) is 0 Å². The lowest BCUT2D eigenvalue weighted by atomic mass is 10.0. The van der Waals surface area contributed by atoms with Crippen molar-refractivity contribution in [3.8, 4) is 0 Å². The van der Waals surface area contributed by atoms with E-state index in [1.54, 1.807) is 0 Å². The Bertz CT molecular complexity index is 563. The maximum absolute atomic E-state index is 2.28. The molecule has 0 fully saturated rings. The summed E-state index contributed by atoms with van der Waals surface area (Å²) in [5, 5.41) is 0. The van der Waals surface area contributed by atoms with Crippen LogP contribution in [0.3, 0.4) is 0 Å². The van der Waals surface area contributed by atoms with Crippen molar-refractivity contribution in [3.63, 3.8) is 0 Å². The number of allylic oxidation sites excluding steroid dienone is 10. The highest BCUT2D eigenvalue weighted by Gasteiger charge is 2.06. The van der Waals surface area contributed by atoms with E-state index >= 15 is 0 Å². The summed E-state index contributed by atoms with van der Waals surface area (Å²) in [6.45, 7) is 0. The third-order valence-corrected chi connectivity index (χ3v) is 3.06. The van der Waals surface area contributed by atoms with E-state index in [0.29, 0.717) is 0 Å². The van der Waals surface area contributed by atoms with Gasteiger partial charge in [-0.25, -0.2) is 0 Å². The van der Waals surface area contributed by atoms with Gasteiger partial charge in [-0.1, -0.05) is 72.9 Å². The van der Waals surface area contributed by atoms with Crippen LogP contribution >= 0.6 is 0 Å². The first-order chi connectivity index (χ1) is 8.42. The summed E-state index contributed by atoms with van der Waals surface area (Å²) < 4.78 is 0. The molecule has 0 saturated carbocycles. The molecule has 0 spiro atoms. The molecule has 0 saturated heterocycles. The standard InChI is InChI=1S/C17H14/c1-2-8-16(9-3-1)17-11-10-14-6-4-5-7-15(12-14)13-17/h1-11,13H,12H2. The van der Waals surface area contributed by atoms with Crippen LogP contribution in [0.5, 0.6) is 0 Å². The minimum Gasteiger partial charge on any atom is -0.0622 e. The third kappa shape index (κ3) is 2.21. The van der Waals surface area contributed by atoms with E-state index in [9.17, 15) is 0 Å². The van der Waals surface area contributed by atoms with Crippen molar-refractivity contribution in [2.75, 3.05) is 0 Å². The zero-order chi connectivity index (χ0) is 11.5. The van der Waals surface area contributed by atoms with Gasteiger partial charge in [0.25, 0.3) is 0 Å². The molecule has 0 aromatic heterocycles. The lowest BCUT2D eigenvalue weighted by molar-refractivity contribution is 1.23. The molecule has 17 heavy (non-hydrogen) atoms. The third-order valence-electron chi connectivity index (χ3n) is 3.06. The molecule has 0 unspecified atom stereocenters. The molecule has 0 nitrogen and oxygen atoms in total. The second-order valence-corrected chi connectivity index (χ2v) is 4.34. The Balaban J connectivity index is 2.07. The fourth-order valence-corrected chi connectivity index (χ4v) is 2.18. The molecule has 2 aliphatic carbocycles. The molecular formula is C17H14. The Morgan fingerprint density at radius 3 is 2.35 bits per heavy atom. The average Bonchev–Trinajstić information content (AvgIpc) is 2.73. The van der Waals surface area contributed by atoms with Crippen molar-refractivity contribution in [3.05, 3.63) is 89.6 Å². The van der Waals surface area contributed by atoms with Gasteiger partial charge in [-0.3, -0.25) is 0 Å². The van der Waals surface area contributed by atoms with Crippen molar-refractivity contribution < 1.29 is 0 Å². The van der Waals surface area contributed by atoms with Gasteiger partial charge < -0.3 is 0 Å². The number of rotatable bonds is 1. The Morgan fingerprint density at radius 2 is 1.53 bits per heavy atom. The molecular weight excluding hydrogens is 204 g/mol. The van der Waals surface area contributed by atoms with Crippen molar-refractivity contribution in [1.82, 2.24) is 0 Å². The summed E-state index contributed by atoms with van der Waals surface area (Å²) in [6, 6.07) is 10.5. The lowest BCUT2D eigenvalue weighted by Gasteiger charge is -2.02. The number of hydrogen-bond donors (Lipinski definition) is 0. The summed E-state index contributed by atoms with van der Waals surface area (Å²) in [7, 11) is 0. The summed E-state index contributed by atoms with van der Waals surface area (Å²) in [6.07, 6.45) is 16.3. The zero-order valence-corrected chi connectivity index (χ0v) is 9.64.